The van der Waals surface area contributed by atoms with Crippen LogP contribution in [0.3, 0.4) is 0 Å². The summed E-state index contributed by atoms with van der Waals surface area (Å²) in [6.07, 6.45) is 1.06. The third-order valence-electron chi connectivity index (χ3n) is 3.15. The molecule has 0 aliphatic carbocycles. The molecule has 0 unspecified atom stereocenters. The van der Waals surface area contributed by atoms with E-state index in [0.29, 0.717) is 30.1 Å². The lowest BCUT2D eigenvalue weighted by Crippen LogP contribution is -2.31. The van der Waals surface area contributed by atoms with Crippen molar-refractivity contribution < 1.29 is 23.6 Å². The molecule has 1 amide bonds. The van der Waals surface area contributed by atoms with E-state index in [1.54, 1.807) is 12.1 Å². The molecule has 23 heavy (non-hydrogen) atoms. The number of carbonyl (C=O) groups is 2. The predicted molar refractivity (Wildman–Crippen MR) is 77.9 cm³/mol. The van der Waals surface area contributed by atoms with Crippen molar-refractivity contribution in [2.24, 2.45) is 0 Å². The summed E-state index contributed by atoms with van der Waals surface area (Å²) in [5.41, 5.74) is 0.638. The van der Waals surface area contributed by atoms with E-state index < -0.39 is 5.97 Å². The number of amides is 1. The van der Waals surface area contributed by atoms with Crippen LogP contribution in [0.5, 0.6) is 0 Å². The molecule has 0 atom stereocenters. The van der Waals surface area contributed by atoms with E-state index in [1.807, 2.05) is 0 Å². The topological polar surface area (TPSA) is 96.5 Å². The lowest BCUT2D eigenvalue weighted by molar-refractivity contribution is -0.143. The van der Waals surface area contributed by atoms with E-state index in [4.69, 9.17) is 9.63 Å². The fraction of sp³-hybridized carbons (Fsp3) is 0.333. The third kappa shape index (κ3) is 4.87. The second-order valence-corrected chi connectivity index (χ2v) is 5.02. The lowest BCUT2D eigenvalue weighted by Gasteiger charge is -2.13. The van der Waals surface area contributed by atoms with Gasteiger partial charge in [0.15, 0.2) is 0 Å². The number of hydrogen-bond acceptors (Lipinski definition) is 5. The first-order chi connectivity index (χ1) is 11.0. The average Bonchev–Trinajstić information content (AvgIpc) is 2.96. The summed E-state index contributed by atoms with van der Waals surface area (Å²) in [6.45, 7) is -0.325. The Morgan fingerprint density at radius 3 is 2.65 bits per heavy atom. The molecule has 1 N–H and O–H groups in total. The van der Waals surface area contributed by atoms with Gasteiger partial charge >= 0.3 is 5.97 Å². The molecule has 0 saturated carbocycles. The molecule has 1 heterocycles. The van der Waals surface area contributed by atoms with Gasteiger partial charge in [-0.05, 0) is 30.7 Å². The molecular formula is C15H16FN3O4. The summed E-state index contributed by atoms with van der Waals surface area (Å²) in [5, 5.41) is 12.4. The summed E-state index contributed by atoms with van der Waals surface area (Å²) >= 11 is 0. The molecule has 8 heteroatoms. The Bertz CT molecular complexity index is 684. The molecule has 2 aromatic rings. The first kappa shape index (κ1) is 16.6. The van der Waals surface area contributed by atoms with Gasteiger partial charge in [-0.25, -0.2) is 4.39 Å². The van der Waals surface area contributed by atoms with Crippen LogP contribution in [-0.2, 0) is 16.0 Å². The van der Waals surface area contributed by atoms with Gasteiger partial charge in [0.2, 0.25) is 17.6 Å². The second-order valence-electron chi connectivity index (χ2n) is 5.02. The number of carboxylic acid groups (broad SMARTS) is 1. The zero-order chi connectivity index (χ0) is 16.8. The second kappa shape index (κ2) is 7.48. The fourth-order valence-corrected chi connectivity index (χ4v) is 1.95. The molecule has 0 aliphatic rings. The highest BCUT2D eigenvalue weighted by Crippen LogP contribution is 2.16. The van der Waals surface area contributed by atoms with Crippen molar-refractivity contribution >= 4 is 11.9 Å². The predicted octanol–water partition coefficient (Wildman–Crippen LogP) is 1.74. The van der Waals surface area contributed by atoms with Crippen LogP contribution in [0.4, 0.5) is 4.39 Å². The Kier molecular flexibility index (Phi) is 5.40. The van der Waals surface area contributed by atoms with Crippen LogP contribution in [0.15, 0.2) is 28.8 Å². The van der Waals surface area contributed by atoms with Crippen molar-refractivity contribution in [1.29, 1.82) is 0 Å². The van der Waals surface area contributed by atoms with Crippen molar-refractivity contribution in [2.75, 3.05) is 13.6 Å². The van der Waals surface area contributed by atoms with E-state index in [9.17, 15) is 14.0 Å². The first-order valence-corrected chi connectivity index (χ1v) is 7.00. The van der Waals surface area contributed by atoms with Crippen LogP contribution in [0, 0.1) is 5.82 Å². The van der Waals surface area contributed by atoms with Gasteiger partial charge in [0.1, 0.15) is 12.4 Å². The zero-order valence-corrected chi connectivity index (χ0v) is 12.5. The SMILES string of the molecule is CN(CC(=O)O)C(=O)CCCc1nc(-c2ccc(F)cc2)no1. The van der Waals surface area contributed by atoms with Crippen LogP contribution in [-0.4, -0.2) is 45.6 Å². The highest BCUT2D eigenvalue weighted by molar-refractivity contribution is 5.80. The Labute approximate surface area is 131 Å². The minimum absolute atomic E-state index is 0.193. The summed E-state index contributed by atoms with van der Waals surface area (Å²) in [4.78, 5) is 27.5. The van der Waals surface area contributed by atoms with Crippen LogP contribution in [0.2, 0.25) is 0 Å². The van der Waals surface area contributed by atoms with Gasteiger partial charge in [-0.15, -0.1) is 0 Å². The van der Waals surface area contributed by atoms with Gasteiger partial charge < -0.3 is 14.5 Å². The van der Waals surface area contributed by atoms with Gasteiger partial charge in [-0.2, -0.15) is 4.98 Å². The Morgan fingerprint density at radius 1 is 1.30 bits per heavy atom. The quantitative estimate of drug-likeness (QED) is 0.834. The molecule has 0 fully saturated rings. The number of halogens is 1. The Hall–Kier alpha value is -2.77. The number of benzene rings is 1. The number of hydrogen-bond donors (Lipinski definition) is 1. The van der Waals surface area contributed by atoms with E-state index >= 15 is 0 Å². The molecule has 0 bridgehead atoms. The van der Waals surface area contributed by atoms with Crippen LogP contribution < -0.4 is 0 Å². The number of aryl methyl sites for hydroxylation is 1. The molecule has 2 rings (SSSR count). The number of rotatable bonds is 7. The summed E-state index contributed by atoms with van der Waals surface area (Å²) in [6, 6.07) is 5.72. The fourth-order valence-electron chi connectivity index (χ4n) is 1.95. The summed E-state index contributed by atoms with van der Waals surface area (Å²) < 4.78 is 17.9. The van der Waals surface area contributed by atoms with Crippen molar-refractivity contribution in [3.05, 3.63) is 36.0 Å². The van der Waals surface area contributed by atoms with Crippen molar-refractivity contribution in [3.63, 3.8) is 0 Å². The van der Waals surface area contributed by atoms with Gasteiger partial charge in [0, 0.05) is 25.5 Å². The number of carbonyl (C=O) groups excluding carboxylic acids is 1. The maximum absolute atomic E-state index is 12.9. The first-order valence-electron chi connectivity index (χ1n) is 7.00. The third-order valence-corrected chi connectivity index (χ3v) is 3.15. The van der Waals surface area contributed by atoms with Gasteiger partial charge in [0.05, 0.1) is 0 Å². The van der Waals surface area contributed by atoms with E-state index in [-0.39, 0.29) is 24.7 Å². The maximum Gasteiger partial charge on any atom is 0.323 e. The van der Waals surface area contributed by atoms with Crippen molar-refractivity contribution in [2.45, 2.75) is 19.3 Å². The molecule has 0 radical (unpaired) electrons. The van der Waals surface area contributed by atoms with Gasteiger partial charge in [0.25, 0.3) is 0 Å². The summed E-state index contributed by atoms with van der Waals surface area (Å²) in [5.74, 6) is -0.929. The maximum atomic E-state index is 12.9. The standard InChI is InChI=1S/C15H16FN3O4/c1-19(9-14(21)22)13(20)4-2-3-12-17-15(18-23-12)10-5-7-11(16)8-6-10/h5-8H,2-4,9H2,1H3,(H,21,22). The van der Waals surface area contributed by atoms with Crippen LogP contribution in [0.25, 0.3) is 11.4 Å². The Balaban J connectivity index is 1.84. The molecule has 0 saturated heterocycles. The molecular weight excluding hydrogens is 305 g/mol. The Morgan fingerprint density at radius 2 is 2.00 bits per heavy atom. The molecule has 1 aromatic heterocycles. The van der Waals surface area contributed by atoms with Gasteiger partial charge in [-0.1, -0.05) is 5.16 Å². The van der Waals surface area contributed by atoms with Gasteiger partial charge in [-0.3, -0.25) is 9.59 Å². The molecule has 0 aliphatic heterocycles. The summed E-state index contributed by atoms with van der Waals surface area (Å²) in [7, 11) is 1.44. The monoisotopic (exact) mass is 321 g/mol. The minimum Gasteiger partial charge on any atom is -0.480 e. The minimum atomic E-state index is -1.05. The average molecular weight is 321 g/mol. The van der Waals surface area contributed by atoms with Crippen LogP contribution >= 0.6 is 0 Å². The van der Waals surface area contributed by atoms with E-state index in [2.05, 4.69) is 10.1 Å². The van der Waals surface area contributed by atoms with E-state index in [1.165, 1.54) is 19.2 Å². The molecule has 122 valence electrons. The highest BCUT2D eigenvalue weighted by Gasteiger charge is 2.13. The highest BCUT2D eigenvalue weighted by atomic mass is 19.1. The number of carboxylic acids is 1. The number of nitrogens with zero attached hydrogens (tertiary/aromatic N) is 3. The smallest absolute Gasteiger partial charge is 0.323 e. The number of aromatic nitrogens is 2. The lowest BCUT2D eigenvalue weighted by atomic mass is 10.2. The molecule has 1 aromatic carbocycles. The largest absolute Gasteiger partial charge is 0.480 e. The van der Waals surface area contributed by atoms with Crippen molar-refractivity contribution in [1.82, 2.24) is 15.0 Å². The van der Waals surface area contributed by atoms with Crippen LogP contribution in [0.1, 0.15) is 18.7 Å². The zero-order valence-electron chi connectivity index (χ0n) is 12.5. The van der Waals surface area contributed by atoms with Crippen molar-refractivity contribution in [3.8, 4) is 11.4 Å². The normalized spacial score (nSPS) is 10.5. The molecule has 7 nitrogen and oxygen atoms in total. The van der Waals surface area contributed by atoms with E-state index in [0.717, 1.165) is 4.90 Å². The number of likely N-dealkylation sites (N-methyl/N-ethyl adjacent to an activating group) is 1. The number of aliphatic carboxylic acids is 1. The molecule has 0 spiro atoms.